The molecule has 1 heterocycles. The Morgan fingerprint density at radius 2 is 1.95 bits per heavy atom. The largest absolute Gasteiger partial charge is 0.321 e. The lowest BCUT2D eigenvalue weighted by atomic mass is 10.1. The Kier molecular flexibility index (Phi) is 3.71. The van der Waals surface area contributed by atoms with Crippen LogP contribution in [-0.2, 0) is 0 Å². The van der Waals surface area contributed by atoms with E-state index in [9.17, 15) is 4.79 Å². The van der Waals surface area contributed by atoms with Gasteiger partial charge >= 0.3 is 0 Å². The highest BCUT2D eigenvalue weighted by atomic mass is 79.9. The van der Waals surface area contributed by atoms with E-state index in [1.54, 1.807) is 12.3 Å². The number of rotatable bonds is 2. The molecule has 0 saturated heterocycles. The van der Waals surface area contributed by atoms with E-state index in [4.69, 9.17) is 0 Å². The van der Waals surface area contributed by atoms with Gasteiger partial charge in [0.2, 0.25) is 0 Å². The number of nitrogens with one attached hydrogen (secondary N) is 1. The minimum absolute atomic E-state index is 0.161. The molecule has 0 aliphatic carbocycles. The van der Waals surface area contributed by atoms with Crippen molar-refractivity contribution < 1.29 is 4.79 Å². The van der Waals surface area contributed by atoms with E-state index in [1.807, 2.05) is 49.4 Å². The van der Waals surface area contributed by atoms with Crippen LogP contribution in [-0.4, -0.2) is 10.9 Å². The molecule has 3 rings (SSSR count). The van der Waals surface area contributed by atoms with Crippen molar-refractivity contribution in [1.82, 2.24) is 4.98 Å². The van der Waals surface area contributed by atoms with Crippen molar-refractivity contribution in [2.75, 3.05) is 5.32 Å². The normalized spacial score (nSPS) is 10.6. The van der Waals surface area contributed by atoms with Gasteiger partial charge in [0.25, 0.3) is 5.91 Å². The first-order valence-corrected chi connectivity index (χ1v) is 7.36. The van der Waals surface area contributed by atoms with Crippen molar-refractivity contribution in [3.8, 4) is 0 Å². The number of anilines is 1. The second kappa shape index (κ2) is 5.66. The molecule has 1 aromatic heterocycles. The molecule has 104 valence electrons. The molecule has 0 aliphatic heterocycles. The standard InChI is InChI=1S/C17H13BrN2O/c1-11-7-8-14(18)15(10-11)20-17(21)13-6-2-4-12-5-3-9-19-16(12)13/h2-10H,1H3,(H,20,21). The smallest absolute Gasteiger partial charge is 0.257 e. The summed E-state index contributed by atoms with van der Waals surface area (Å²) in [6.07, 6.45) is 1.70. The number of pyridine rings is 1. The molecule has 0 fully saturated rings. The first-order valence-electron chi connectivity index (χ1n) is 6.56. The zero-order valence-corrected chi connectivity index (χ0v) is 13.0. The van der Waals surface area contributed by atoms with E-state index in [0.29, 0.717) is 11.1 Å². The Morgan fingerprint density at radius 1 is 1.14 bits per heavy atom. The maximum atomic E-state index is 12.5. The second-order valence-corrected chi connectivity index (χ2v) is 5.67. The monoisotopic (exact) mass is 340 g/mol. The fourth-order valence-corrected chi connectivity index (χ4v) is 2.56. The highest BCUT2D eigenvalue weighted by Gasteiger charge is 2.12. The Bertz CT molecular complexity index is 825. The highest BCUT2D eigenvalue weighted by molar-refractivity contribution is 9.10. The van der Waals surface area contributed by atoms with Gasteiger partial charge in [0.15, 0.2) is 0 Å². The average molecular weight is 341 g/mol. The molecule has 3 nitrogen and oxygen atoms in total. The molecule has 2 aromatic carbocycles. The molecule has 21 heavy (non-hydrogen) atoms. The van der Waals surface area contributed by atoms with Gasteiger partial charge in [-0.1, -0.05) is 24.3 Å². The lowest BCUT2D eigenvalue weighted by Gasteiger charge is -2.09. The maximum Gasteiger partial charge on any atom is 0.257 e. The van der Waals surface area contributed by atoms with E-state index < -0.39 is 0 Å². The number of amides is 1. The van der Waals surface area contributed by atoms with Gasteiger partial charge in [0.05, 0.1) is 16.8 Å². The molecular weight excluding hydrogens is 328 g/mol. The van der Waals surface area contributed by atoms with Gasteiger partial charge in [-0.3, -0.25) is 9.78 Å². The van der Waals surface area contributed by atoms with Gasteiger partial charge in [-0.25, -0.2) is 0 Å². The number of hydrogen-bond donors (Lipinski definition) is 1. The molecule has 0 spiro atoms. The van der Waals surface area contributed by atoms with Crippen LogP contribution >= 0.6 is 15.9 Å². The molecule has 0 radical (unpaired) electrons. The zero-order valence-electron chi connectivity index (χ0n) is 11.4. The molecular formula is C17H13BrN2O. The number of para-hydroxylation sites is 1. The summed E-state index contributed by atoms with van der Waals surface area (Å²) in [5.41, 5.74) is 3.13. The van der Waals surface area contributed by atoms with Gasteiger partial charge in [0.1, 0.15) is 0 Å². The van der Waals surface area contributed by atoms with Crippen LogP contribution in [0.4, 0.5) is 5.69 Å². The number of carbonyl (C=O) groups is 1. The van der Waals surface area contributed by atoms with Gasteiger partial charge in [-0.05, 0) is 52.7 Å². The third-order valence-electron chi connectivity index (χ3n) is 3.25. The lowest BCUT2D eigenvalue weighted by Crippen LogP contribution is -2.13. The zero-order chi connectivity index (χ0) is 14.8. The van der Waals surface area contributed by atoms with Gasteiger partial charge < -0.3 is 5.32 Å². The maximum absolute atomic E-state index is 12.5. The van der Waals surface area contributed by atoms with E-state index in [-0.39, 0.29) is 5.91 Å². The van der Waals surface area contributed by atoms with Crippen LogP contribution in [0.5, 0.6) is 0 Å². The number of aryl methyl sites for hydroxylation is 1. The third-order valence-corrected chi connectivity index (χ3v) is 3.94. The molecule has 3 aromatic rings. The van der Waals surface area contributed by atoms with Crippen molar-refractivity contribution in [3.63, 3.8) is 0 Å². The van der Waals surface area contributed by atoms with Gasteiger partial charge in [0, 0.05) is 16.1 Å². The Labute approximate surface area is 131 Å². The highest BCUT2D eigenvalue weighted by Crippen LogP contribution is 2.25. The Morgan fingerprint density at radius 3 is 2.81 bits per heavy atom. The van der Waals surface area contributed by atoms with E-state index in [0.717, 1.165) is 21.1 Å². The number of nitrogens with zero attached hydrogens (tertiary/aromatic N) is 1. The summed E-state index contributed by atoms with van der Waals surface area (Å²) in [6, 6.07) is 15.2. The Hall–Kier alpha value is -2.20. The van der Waals surface area contributed by atoms with Crippen LogP contribution in [0.25, 0.3) is 10.9 Å². The van der Waals surface area contributed by atoms with Crippen LogP contribution in [0.3, 0.4) is 0 Å². The summed E-state index contributed by atoms with van der Waals surface area (Å²) in [4.78, 5) is 16.8. The molecule has 1 amide bonds. The minimum atomic E-state index is -0.161. The summed E-state index contributed by atoms with van der Waals surface area (Å²) in [7, 11) is 0. The first kappa shape index (κ1) is 13.8. The van der Waals surface area contributed by atoms with Gasteiger partial charge in [-0.2, -0.15) is 0 Å². The SMILES string of the molecule is Cc1ccc(Br)c(NC(=O)c2cccc3cccnc23)c1. The molecule has 0 aliphatic rings. The molecule has 0 atom stereocenters. The predicted molar refractivity (Wildman–Crippen MR) is 88.6 cm³/mol. The van der Waals surface area contributed by atoms with Crippen molar-refractivity contribution in [2.24, 2.45) is 0 Å². The summed E-state index contributed by atoms with van der Waals surface area (Å²) >= 11 is 3.45. The van der Waals surface area contributed by atoms with E-state index in [1.165, 1.54) is 0 Å². The third kappa shape index (κ3) is 2.81. The van der Waals surface area contributed by atoms with Crippen LogP contribution in [0.2, 0.25) is 0 Å². The fraction of sp³-hybridized carbons (Fsp3) is 0.0588. The number of aromatic nitrogens is 1. The van der Waals surface area contributed by atoms with Crippen LogP contribution in [0.15, 0.2) is 59.2 Å². The predicted octanol–water partition coefficient (Wildman–Crippen LogP) is 4.56. The van der Waals surface area contributed by atoms with Crippen molar-refractivity contribution in [1.29, 1.82) is 0 Å². The van der Waals surface area contributed by atoms with E-state index >= 15 is 0 Å². The summed E-state index contributed by atoms with van der Waals surface area (Å²) < 4.78 is 0.856. The number of fused-ring (bicyclic) bond motifs is 1. The van der Waals surface area contributed by atoms with Crippen molar-refractivity contribution in [3.05, 3.63) is 70.3 Å². The summed E-state index contributed by atoms with van der Waals surface area (Å²) in [6.45, 7) is 1.99. The molecule has 1 N–H and O–H groups in total. The molecule has 0 bridgehead atoms. The average Bonchev–Trinajstić information content (AvgIpc) is 2.50. The number of halogens is 1. The van der Waals surface area contributed by atoms with Crippen LogP contribution in [0, 0.1) is 6.92 Å². The lowest BCUT2D eigenvalue weighted by molar-refractivity contribution is 0.102. The first-order chi connectivity index (χ1) is 10.1. The van der Waals surface area contributed by atoms with Crippen molar-refractivity contribution >= 4 is 38.4 Å². The number of benzene rings is 2. The Balaban J connectivity index is 1.99. The quantitative estimate of drug-likeness (QED) is 0.743. The molecule has 4 heteroatoms. The molecule has 0 saturated carbocycles. The van der Waals surface area contributed by atoms with Crippen LogP contribution < -0.4 is 5.32 Å². The topological polar surface area (TPSA) is 42.0 Å². The minimum Gasteiger partial charge on any atom is -0.321 e. The summed E-state index contributed by atoms with van der Waals surface area (Å²) in [5, 5.41) is 3.89. The molecule has 0 unspecified atom stereocenters. The van der Waals surface area contributed by atoms with E-state index in [2.05, 4.69) is 26.2 Å². The second-order valence-electron chi connectivity index (χ2n) is 4.82. The number of carbonyl (C=O) groups excluding carboxylic acids is 1. The van der Waals surface area contributed by atoms with Gasteiger partial charge in [-0.15, -0.1) is 0 Å². The van der Waals surface area contributed by atoms with Crippen molar-refractivity contribution in [2.45, 2.75) is 6.92 Å². The number of hydrogen-bond acceptors (Lipinski definition) is 2. The van der Waals surface area contributed by atoms with Crippen LogP contribution in [0.1, 0.15) is 15.9 Å². The fourth-order valence-electron chi connectivity index (χ4n) is 2.21. The summed E-state index contributed by atoms with van der Waals surface area (Å²) in [5.74, 6) is -0.161.